The molecule has 0 spiro atoms. The van der Waals surface area contributed by atoms with Crippen molar-refractivity contribution in [3.63, 3.8) is 0 Å². The molecule has 6 nitrogen and oxygen atoms in total. The third kappa shape index (κ3) is 3.33. The van der Waals surface area contributed by atoms with Gasteiger partial charge in [0, 0.05) is 5.56 Å². The van der Waals surface area contributed by atoms with E-state index in [9.17, 15) is 4.79 Å². The van der Waals surface area contributed by atoms with Crippen LogP contribution in [0.5, 0.6) is 11.5 Å². The van der Waals surface area contributed by atoms with Crippen molar-refractivity contribution in [1.29, 1.82) is 0 Å². The summed E-state index contributed by atoms with van der Waals surface area (Å²) < 4.78 is 11.7. The summed E-state index contributed by atoms with van der Waals surface area (Å²) in [5, 5.41) is 9.81. The fourth-order valence-electron chi connectivity index (χ4n) is 3.42. The van der Waals surface area contributed by atoms with Crippen LogP contribution in [-0.2, 0) is 4.79 Å². The molecule has 2 N–H and O–H groups in total. The predicted octanol–water partition coefficient (Wildman–Crippen LogP) is 3.51. The minimum absolute atomic E-state index is 0.0159. The zero-order chi connectivity index (χ0) is 17.2. The van der Waals surface area contributed by atoms with Crippen molar-refractivity contribution in [2.24, 2.45) is 0 Å². The Labute approximate surface area is 150 Å². The van der Waals surface area contributed by atoms with E-state index < -0.39 is 0 Å². The van der Waals surface area contributed by atoms with E-state index in [0.29, 0.717) is 11.6 Å². The maximum absolute atomic E-state index is 11.9. The molecule has 2 heterocycles. The highest BCUT2D eigenvalue weighted by atomic mass is 32.2. The van der Waals surface area contributed by atoms with Crippen molar-refractivity contribution in [1.82, 2.24) is 10.2 Å². The molecule has 132 valence electrons. The Balaban J connectivity index is 1.63. The van der Waals surface area contributed by atoms with Gasteiger partial charge in [0.15, 0.2) is 11.5 Å². The van der Waals surface area contributed by atoms with Crippen LogP contribution in [0.15, 0.2) is 24.4 Å². The number of aromatic nitrogens is 2. The van der Waals surface area contributed by atoms with Gasteiger partial charge in [0.1, 0.15) is 5.82 Å². The molecule has 25 heavy (non-hydrogen) atoms. The molecule has 1 aromatic carbocycles. The fraction of sp³-hybridized carbons (Fsp3) is 0.444. The molecule has 1 fully saturated rings. The molecule has 2 aromatic rings. The van der Waals surface area contributed by atoms with Gasteiger partial charge in [-0.1, -0.05) is 6.07 Å². The van der Waals surface area contributed by atoms with E-state index in [1.807, 2.05) is 12.1 Å². The first kappa shape index (κ1) is 16.3. The van der Waals surface area contributed by atoms with Crippen LogP contribution in [0.25, 0.3) is 0 Å². The fourth-order valence-corrected chi connectivity index (χ4v) is 4.51. The van der Waals surface area contributed by atoms with Gasteiger partial charge in [-0.2, -0.15) is 5.10 Å². The lowest BCUT2D eigenvalue weighted by molar-refractivity contribution is -0.113. The van der Waals surface area contributed by atoms with Crippen LogP contribution in [0.2, 0.25) is 0 Å². The maximum Gasteiger partial charge on any atom is 0.235 e. The number of methoxy groups -OCH3 is 1. The Morgan fingerprint density at radius 1 is 1.24 bits per heavy atom. The van der Waals surface area contributed by atoms with Crippen LogP contribution in [0.1, 0.15) is 42.1 Å². The molecule has 1 amide bonds. The van der Waals surface area contributed by atoms with Crippen LogP contribution in [0.3, 0.4) is 0 Å². The summed E-state index contributed by atoms with van der Waals surface area (Å²) >= 11 is 1.58. The average Bonchev–Trinajstić information content (AvgIpc) is 3.26. The summed E-state index contributed by atoms with van der Waals surface area (Å²) in [6, 6.07) is 6.04. The highest BCUT2D eigenvalue weighted by molar-refractivity contribution is 8.00. The highest BCUT2D eigenvalue weighted by Gasteiger charge is 2.27. The SMILES string of the molecule is COc1cc([C@H]2SCC(=O)Nc3[nH]ncc32)ccc1OC1CCCC1. The first-order valence-electron chi connectivity index (χ1n) is 8.54. The second-order valence-corrected chi connectivity index (χ2v) is 7.47. The van der Waals surface area contributed by atoms with Crippen LogP contribution in [-0.4, -0.2) is 35.1 Å². The van der Waals surface area contributed by atoms with Gasteiger partial charge < -0.3 is 14.8 Å². The minimum atomic E-state index is -0.0221. The number of carbonyl (C=O) groups excluding carboxylic acids is 1. The molecule has 0 unspecified atom stereocenters. The van der Waals surface area contributed by atoms with Crippen molar-refractivity contribution in [3.8, 4) is 11.5 Å². The quantitative estimate of drug-likeness (QED) is 0.873. The van der Waals surface area contributed by atoms with E-state index in [2.05, 4.69) is 21.6 Å². The van der Waals surface area contributed by atoms with E-state index in [4.69, 9.17) is 9.47 Å². The number of thioether (sulfide) groups is 1. The number of aromatic amines is 1. The van der Waals surface area contributed by atoms with Crippen molar-refractivity contribution in [2.45, 2.75) is 37.0 Å². The molecule has 1 saturated carbocycles. The number of hydrogen-bond donors (Lipinski definition) is 2. The minimum Gasteiger partial charge on any atom is -0.493 e. The number of benzene rings is 1. The van der Waals surface area contributed by atoms with Gasteiger partial charge in [-0.05, 0) is 43.4 Å². The zero-order valence-electron chi connectivity index (χ0n) is 14.1. The van der Waals surface area contributed by atoms with E-state index in [0.717, 1.165) is 35.5 Å². The van der Waals surface area contributed by atoms with Gasteiger partial charge in [0.05, 0.1) is 30.4 Å². The third-order valence-electron chi connectivity index (χ3n) is 4.68. The Hall–Kier alpha value is -2.15. The molecule has 7 heteroatoms. The van der Waals surface area contributed by atoms with Gasteiger partial charge in [0.2, 0.25) is 5.91 Å². The number of ether oxygens (including phenoxy) is 2. The van der Waals surface area contributed by atoms with E-state index in [1.165, 1.54) is 12.8 Å². The topological polar surface area (TPSA) is 76.2 Å². The number of anilines is 1. The number of hydrogen-bond acceptors (Lipinski definition) is 5. The van der Waals surface area contributed by atoms with Crippen molar-refractivity contribution < 1.29 is 14.3 Å². The van der Waals surface area contributed by atoms with E-state index in [-0.39, 0.29) is 17.3 Å². The standard InChI is InChI=1S/C18H21N3O3S/c1-23-15-8-11(6-7-14(15)24-12-4-2-3-5-12)17-13-9-19-21-18(13)20-16(22)10-25-17/h6-9,12,17H,2-5,10H2,1H3,(H2,19,20,21,22)/t17-/m1/s1. The second-order valence-electron chi connectivity index (χ2n) is 6.37. The molecular formula is C18H21N3O3S. The number of fused-ring (bicyclic) bond motifs is 1. The van der Waals surface area contributed by atoms with Gasteiger partial charge in [-0.3, -0.25) is 9.89 Å². The third-order valence-corrected chi connectivity index (χ3v) is 5.97. The number of H-pyrrole nitrogens is 1. The Kier molecular flexibility index (Phi) is 4.57. The summed E-state index contributed by atoms with van der Waals surface area (Å²) in [6.45, 7) is 0. The average molecular weight is 359 g/mol. The number of carbonyl (C=O) groups is 1. The monoisotopic (exact) mass is 359 g/mol. The maximum atomic E-state index is 11.9. The van der Waals surface area contributed by atoms with Crippen LogP contribution < -0.4 is 14.8 Å². The van der Waals surface area contributed by atoms with Crippen LogP contribution in [0.4, 0.5) is 5.82 Å². The molecule has 1 aliphatic carbocycles. The van der Waals surface area contributed by atoms with Gasteiger partial charge >= 0.3 is 0 Å². The van der Waals surface area contributed by atoms with E-state index in [1.54, 1.807) is 25.1 Å². The lowest BCUT2D eigenvalue weighted by atomic mass is 10.1. The Morgan fingerprint density at radius 2 is 2.08 bits per heavy atom. The molecule has 1 aliphatic heterocycles. The largest absolute Gasteiger partial charge is 0.493 e. The predicted molar refractivity (Wildman–Crippen MR) is 97.4 cm³/mol. The molecule has 0 saturated heterocycles. The molecule has 1 aromatic heterocycles. The molecule has 2 aliphatic rings. The van der Waals surface area contributed by atoms with Crippen molar-refractivity contribution >= 4 is 23.5 Å². The first-order chi connectivity index (χ1) is 12.2. The van der Waals surface area contributed by atoms with Gasteiger partial charge in [-0.25, -0.2) is 0 Å². The number of nitrogens with one attached hydrogen (secondary N) is 2. The number of amides is 1. The number of rotatable bonds is 4. The first-order valence-corrected chi connectivity index (χ1v) is 9.59. The molecular weight excluding hydrogens is 338 g/mol. The lowest BCUT2D eigenvalue weighted by Gasteiger charge is -2.19. The zero-order valence-corrected chi connectivity index (χ0v) is 14.9. The summed E-state index contributed by atoms with van der Waals surface area (Å²) in [5.41, 5.74) is 2.04. The van der Waals surface area contributed by atoms with Gasteiger partial charge in [0.25, 0.3) is 0 Å². The Morgan fingerprint density at radius 3 is 2.88 bits per heavy atom. The summed E-state index contributed by atoms with van der Waals surface area (Å²) in [5.74, 6) is 2.57. The Bertz CT molecular complexity index is 771. The smallest absolute Gasteiger partial charge is 0.235 e. The van der Waals surface area contributed by atoms with Crippen LogP contribution >= 0.6 is 11.8 Å². The van der Waals surface area contributed by atoms with Gasteiger partial charge in [-0.15, -0.1) is 11.8 Å². The second kappa shape index (κ2) is 7.00. The normalized spacial score (nSPS) is 20.7. The summed E-state index contributed by atoms with van der Waals surface area (Å²) in [7, 11) is 1.66. The van der Waals surface area contributed by atoms with Crippen LogP contribution in [0, 0.1) is 0 Å². The van der Waals surface area contributed by atoms with Crippen molar-refractivity contribution in [2.75, 3.05) is 18.2 Å². The van der Waals surface area contributed by atoms with E-state index >= 15 is 0 Å². The summed E-state index contributed by atoms with van der Waals surface area (Å²) in [6.07, 6.45) is 6.73. The molecule has 1 atom stereocenters. The molecule has 0 bridgehead atoms. The summed E-state index contributed by atoms with van der Waals surface area (Å²) in [4.78, 5) is 11.9. The number of nitrogens with zero attached hydrogens (tertiary/aromatic N) is 1. The molecule has 4 rings (SSSR count). The highest BCUT2D eigenvalue weighted by Crippen LogP contribution is 2.43. The lowest BCUT2D eigenvalue weighted by Crippen LogP contribution is -2.12. The van der Waals surface area contributed by atoms with Crippen molar-refractivity contribution in [3.05, 3.63) is 35.5 Å². The molecule has 0 radical (unpaired) electrons.